The number of esters is 3. The van der Waals surface area contributed by atoms with Crippen LogP contribution in [0.5, 0.6) is 0 Å². The number of unbranched alkanes of at least 4 members (excludes halogenated alkanes) is 25. The predicted molar refractivity (Wildman–Crippen MR) is 220 cm³/mol. The predicted octanol–water partition coefficient (Wildman–Crippen LogP) is 14.2. The molecule has 0 spiro atoms. The second-order valence-corrected chi connectivity index (χ2v) is 16.6. The van der Waals surface area contributed by atoms with Crippen LogP contribution in [0.1, 0.15) is 247 Å². The van der Waals surface area contributed by atoms with Crippen molar-refractivity contribution in [2.75, 3.05) is 13.2 Å². The number of ether oxygens (including phenoxy) is 3. The molecule has 0 heterocycles. The van der Waals surface area contributed by atoms with Gasteiger partial charge in [0.2, 0.25) is 0 Å². The summed E-state index contributed by atoms with van der Waals surface area (Å²) in [5, 5.41) is 0. The van der Waals surface area contributed by atoms with Crippen LogP contribution in [0, 0.1) is 11.8 Å². The third-order valence-electron chi connectivity index (χ3n) is 10.2. The summed E-state index contributed by atoms with van der Waals surface area (Å²) in [6.45, 7) is 11.2. The van der Waals surface area contributed by atoms with Gasteiger partial charge in [0, 0.05) is 19.3 Å². The van der Waals surface area contributed by atoms with Crippen molar-refractivity contribution in [1.82, 2.24) is 0 Å². The molecule has 6 nitrogen and oxygen atoms in total. The van der Waals surface area contributed by atoms with Gasteiger partial charge in [-0.3, -0.25) is 14.4 Å². The normalized spacial score (nSPS) is 12.1. The molecule has 0 saturated heterocycles. The number of hydrogen-bond acceptors (Lipinski definition) is 6. The Morgan fingerprint density at radius 3 is 0.942 bits per heavy atom. The lowest BCUT2D eigenvalue weighted by molar-refractivity contribution is -0.167. The molecule has 0 aromatic heterocycles. The van der Waals surface area contributed by atoms with Crippen molar-refractivity contribution < 1.29 is 28.6 Å². The minimum absolute atomic E-state index is 0.0661. The van der Waals surface area contributed by atoms with Gasteiger partial charge in [0.25, 0.3) is 0 Å². The molecule has 0 aliphatic rings. The van der Waals surface area contributed by atoms with E-state index in [1.54, 1.807) is 0 Å². The van der Waals surface area contributed by atoms with Gasteiger partial charge in [0.15, 0.2) is 6.10 Å². The molecular formula is C46H88O6. The number of rotatable bonds is 40. The Kier molecular flexibility index (Phi) is 37.9. The van der Waals surface area contributed by atoms with Gasteiger partial charge in [-0.05, 0) is 31.1 Å². The third kappa shape index (κ3) is 39.6. The molecule has 52 heavy (non-hydrogen) atoms. The van der Waals surface area contributed by atoms with E-state index in [-0.39, 0.29) is 31.1 Å². The molecule has 0 rings (SSSR count). The van der Waals surface area contributed by atoms with Crippen LogP contribution >= 0.6 is 0 Å². The van der Waals surface area contributed by atoms with Crippen LogP contribution in [0.2, 0.25) is 0 Å². The zero-order valence-corrected chi connectivity index (χ0v) is 35.4. The SMILES string of the molecule is CCCCCCCCCCCCCCCCCC(=O)OC[C@H](COC(=O)CCCCCCCCC(C)C)OC(=O)CCCCCCCCCC(C)C. The molecule has 0 radical (unpaired) electrons. The van der Waals surface area contributed by atoms with Crippen LogP contribution in [0.25, 0.3) is 0 Å². The summed E-state index contributed by atoms with van der Waals surface area (Å²) in [6, 6.07) is 0. The first-order valence-corrected chi connectivity index (χ1v) is 22.7. The van der Waals surface area contributed by atoms with Gasteiger partial charge in [-0.2, -0.15) is 0 Å². The zero-order valence-electron chi connectivity index (χ0n) is 35.4. The molecule has 0 bridgehead atoms. The van der Waals surface area contributed by atoms with Gasteiger partial charge in [-0.1, -0.05) is 208 Å². The highest BCUT2D eigenvalue weighted by Crippen LogP contribution is 2.16. The van der Waals surface area contributed by atoms with E-state index in [9.17, 15) is 14.4 Å². The molecule has 0 aliphatic carbocycles. The summed E-state index contributed by atoms with van der Waals surface area (Å²) in [6.07, 6.45) is 36.8. The maximum atomic E-state index is 12.7. The van der Waals surface area contributed by atoms with Crippen LogP contribution in [0.3, 0.4) is 0 Å². The van der Waals surface area contributed by atoms with Crippen LogP contribution in [-0.2, 0) is 28.6 Å². The maximum Gasteiger partial charge on any atom is 0.306 e. The molecule has 0 aromatic carbocycles. The molecule has 0 saturated carbocycles. The van der Waals surface area contributed by atoms with Crippen molar-refractivity contribution in [2.24, 2.45) is 11.8 Å². The standard InChI is InChI=1S/C46H88O6/c1-6-7-8-9-10-11-12-13-14-15-16-17-20-26-31-36-44(47)50-39-43(40-51-45(48)37-32-27-23-22-25-30-35-42(4)5)52-46(49)38-33-28-21-18-19-24-29-34-41(2)3/h41-43H,6-40H2,1-5H3/t43-/m1/s1. The lowest BCUT2D eigenvalue weighted by Crippen LogP contribution is -2.30. The minimum atomic E-state index is -0.761. The van der Waals surface area contributed by atoms with E-state index >= 15 is 0 Å². The Labute approximate surface area is 323 Å². The fourth-order valence-electron chi connectivity index (χ4n) is 6.75. The Morgan fingerprint density at radius 2 is 0.635 bits per heavy atom. The van der Waals surface area contributed by atoms with Gasteiger partial charge in [-0.25, -0.2) is 0 Å². The highest BCUT2D eigenvalue weighted by atomic mass is 16.6. The first kappa shape index (κ1) is 50.4. The molecule has 1 atom stereocenters. The van der Waals surface area contributed by atoms with E-state index in [4.69, 9.17) is 14.2 Å². The number of carbonyl (C=O) groups excluding carboxylic acids is 3. The molecule has 0 fully saturated rings. The highest BCUT2D eigenvalue weighted by Gasteiger charge is 2.19. The Hall–Kier alpha value is -1.59. The first-order valence-electron chi connectivity index (χ1n) is 22.7. The molecule has 6 heteroatoms. The molecular weight excluding hydrogens is 648 g/mol. The fraction of sp³-hybridized carbons (Fsp3) is 0.935. The molecule has 308 valence electrons. The summed E-state index contributed by atoms with van der Waals surface area (Å²) in [5.41, 5.74) is 0. The number of hydrogen-bond donors (Lipinski definition) is 0. The first-order chi connectivity index (χ1) is 25.2. The van der Waals surface area contributed by atoms with E-state index < -0.39 is 6.10 Å². The Morgan fingerprint density at radius 1 is 0.365 bits per heavy atom. The molecule has 0 N–H and O–H groups in total. The van der Waals surface area contributed by atoms with Gasteiger partial charge in [0.1, 0.15) is 13.2 Å². The maximum absolute atomic E-state index is 12.7. The van der Waals surface area contributed by atoms with Gasteiger partial charge in [-0.15, -0.1) is 0 Å². The van der Waals surface area contributed by atoms with E-state index in [0.29, 0.717) is 19.3 Å². The van der Waals surface area contributed by atoms with Gasteiger partial charge in [0.05, 0.1) is 0 Å². The van der Waals surface area contributed by atoms with Gasteiger partial charge < -0.3 is 14.2 Å². The molecule has 0 unspecified atom stereocenters. The quantitative estimate of drug-likeness (QED) is 0.0354. The van der Waals surface area contributed by atoms with Crippen LogP contribution in [0.15, 0.2) is 0 Å². The average Bonchev–Trinajstić information content (AvgIpc) is 3.11. The van der Waals surface area contributed by atoms with Crippen LogP contribution < -0.4 is 0 Å². The van der Waals surface area contributed by atoms with Crippen LogP contribution in [-0.4, -0.2) is 37.2 Å². The molecule has 0 aromatic rings. The monoisotopic (exact) mass is 737 g/mol. The van der Waals surface area contributed by atoms with Crippen molar-refractivity contribution in [3.8, 4) is 0 Å². The summed E-state index contributed by atoms with van der Waals surface area (Å²) in [4.78, 5) is 37.6. The summed E-state index contributed by atoms with van der Waals surface area (Å²) in [7, 11) is 0. The Balaban J connectivity index is 4.28. The lowest BCUT2D eigenvalue weighted by Gasteiger charge is -2.18. The van der Waals surface area contributed by atoms with Crippen molar-refractivity contribution in [1.29, 1.82) is 0 Å². The van der Waals surface area contributed by atoms with Crippen LogP contribution in [0.4, 0.5) is 0 Å². The van der Waals surface area contributed by atoms with E-state index in [1.165, 1.54) is 135 Å². The van der Waals surface area contributed by atoms with Crippen molar-refractivity contribution >= 4 is 17.9 Å². The topological polar surface area (TPSA) is 78.9 Å². The van der Waals surface area contributed by atoms with Gasteiger partial charge >= 0.3 is 17.9 Å². The van der Waals surface area contributed by atoms with Crippen molar-refractivity contribution in [3.05, 3.63) is 0 Å². The number of carbonyl (C=O) groups is 3. The third-order valence-corrected chi connectivity index (χ3v) is 10.2. The second kappa shape index (κ2) is 39.1. The van der Waals surface area contributed by atoms with Crippen molar-refractivity contribution in [2.45, 2.75) is 253 Å². The zero-order chi connectivity index (χ0) is 38.3. The average molecular weight is 737 g/mol. The fourth-order valence-corrected chi connectivity index (χ4v) is 6.75. The molecule has 0 amide bonds. The summed E-state index contributed by atoms with van der Waals surface area (Å²) >= 11 is 0. The second-order valence-electron chi connectivity index (χ2n) is 16.6. The lowest BCUT2D eigenvalue weighted by atomic mass is 10.0. The highest BCUT2D eigenvalue weighted by molar-refractivity contribution is 5.71. The smallest absolute Gasteiger partial charge is 0.306 e. The minimum Gasteiger partial charge on any atom is -0.462 e. The summed E-state index contributed by atoms with van der Waals surface area (Å²) in [5.74, 6) is 0.676. The van der Waals surface area contributed by atoms with E-state index in [0.717, 1.165) is 69.6 Å². The molecule has 0 aliphatic heterocycles. The van der Waals surface area contributed by atoms with Crippen molar-refractivity contribution in [3.63, 3.8) is 0 Å². The summed E-state index contributed by atoms with van der Waals surface area (Å²) < 4.78 is 16.7. The largest absolute Gasteiger partial charge is 0.462 e. The van der Waals surface area contributed by atoms with E-state index in [2.05, 4.69) is 34.6 Å². The van der Waals surface area contributed by atoms with E-state index in [1.807, 2.05) is 0 Å². The Bertz CT molecular complexity index is 794.